The third-order valence-electron chi connectivity index (χ3n) is 3.00. The highest BCUT2D eigenvalue weighted by molar-refractivity contribution is 14.1. The van der Waals surface area contributed by atoms with Gasteiger partial charge in [0.25, 0.3) is 5.91 Å². The predicted molar refractivity (Wildman–Crippen MR) is 73.4 cm³/mol. The Kier molecular flexibility index (Phi) is 4.00. The maximum absolute atomic E-state index is 12.3. The van der Waals surface area contributed by atoms with Crippen LogP contribution in [0.25, 0.3) is 0 Å². The van der Waals surface area contributed by atoms with Crippen LogP contribution in [0.15, 0.2) is 24.3 Å². The van der Waals surface area contributed by atoms with Gasteiger partial charge in [0.1, 0.15) is 0 Å². The largest absolute Gasteiger partial charge is 0.337 e. The summed E-state index contributed by atoms with van der Waals surface area (Å²) in [7, 11) is 0. The standard InChI is InChI=1S/C13H13IN2O/c14-12-6-2-1-5-11(12)13(17)16-7-3-4-10(8-15)9-16/h1-2,5-6,10H,3-4,7,9H2. The molecule has 1 aromatic rings. The minimum absolute atomic E-state index is 0.00549. The first-order valence-electron chi connectivity index (χ1n) is 5.66. The van der Waals surface area contributed by atoms with E-state index in [0.29, 0.717) is 6.54 Å². The number of hydrogen-bond acceptors (Lipinski definition) is 2. The fraction of sp³-hybridized carbons (Fsp3) is 0.385. The molecule has 0 bridgehead atoms. The number of nitriles is 1. The molecular formula is C13H13IN2O. The quantitative estimate of drug-likeness (QED) is 0.738. The van der Waals surface area contributed by atoms with Crippen molar-refractivity contribution >= 4 is 28.5 Å². The molecular weight excluding hydrogens is 327 g/mol. The van der Waals surface area contributed by atoms with E-state index in [2.05, 4.69) is 28.7 Å². The molecule has 1 aliphatic heterocycles. The number of nitrogens with zero attached hydrogens (tertiary/aromatic N) is 2. The van der Waals surface area contributed by atoms with Crippen LogP contribution in [-0.2, 0) is 0 Å². The van der Waals surface area contributed by atoms with Crippen molar-refractivity contribution in [2.75, 3.05) is 13.1 Å². The van der Waals surface area contributed by atoms with E-state index in [1.165, 1.54) is 0 Å². The van der Waals surface area contributed by atoms with E-state index in [-0.39, 0.29) is 11.8 Å². The highest BCUT2D eigenvalue weighted by Crippen LogP contribution is 2.20. The van der Waals surface area contributed by atoms with E-state index in [1.54, 1.807) is 4.90 Å². The lowest BCUT2D eigenvalue weighted by molar-refractivity contribution is 0.0697. The zero-order chi connectivity index (χ0) is 12.3. The molecule has 0 N–H and O–H groups in total. The van der Waals surface area contributed by atoms with Crippen LogP contribution in [0.5, 0.6) is 0 Å². The summed E-state index contributed by atoms with van der Waals surface area (Å²) in [5, 5.41) is 8.93. The van der Waals surface area contributed by atoms with Crippen molar-refractivity contribution in [3.05, 3.63) is 33.4 Å². The van der Waals surface area contributed by atoms with E-state index in [9.17, 15) is 4.79 Å². The summed E-state index contributed by atoms with van der Waals surface area (Å²) in [5.74, 6) is 0.0454. The molecule has 0 aliphatic carbocycles. The summed E-state index contributed by atoms with van der Waals surface area (Å²) in [5.41, 5.74) is 0.742. The van der Waals surface area contributed by atoms with E-state index in [4.69, 9.17) is 5.26 Å². The predicted octanol–water partition coefficient (Wildman–Crippen LogP) is 2.67. The Morgan fingerprint density at radius 2 is 2.24 bits per heavy atom. The summed E-state index contributed by atoms with van der Waals surface area (Å²) in [6.45, 7) is 1.34. The van der Waals surface area contributed by atoms with Gasteiger partial charge in [-0.25, -0.2) is 0 Å². The topological polar surface area (TPSA) is 44.1 Å². The van der Waals surface area contributed by atoms with Gasteiger partial charge < -0.3 is 4.90 Å². The summed E-state index contributed by atoms with van der Waals surface area (Å²) < 4.78 is 0.967. The second-order valence-corrected chi connectivity index (χ2v) is 5.36. The average molecular weight is 340 g/mol. The molecule has 4 heteroatoms. The van der Waals surface area contributed by atoms with Gasteiger partial charge in [-0.3, -0.25) is 4.79 Å². The Morgan fingerprint density at radius 3 is 2.94 bits per heavy atom. The summed E-state index contributed by atoms with van der Waals surface area (Å²) >= 11 is 2.17. The van der Waals surface area contributed by atoms with Crippen molar-refractivity contribution in [3.8, 4) is 6.07 Å². The molecule has 1 atom stereocenters. The van der Waals surface area contributed by atoms with Crippen LogP contribution < -0.4 is 0 Å². The Morgan fingerprint density at radius 1 is 1.47 bits per heavy atom. The smallest absolute Gasteiger partial charge is 0.254 e. The maximum Gasteiger partial charge on any atom is 0.254 e. The van der Waals surface area contributed by atoms with Crippen LogP contribution in [0.1, 0.15) is 23.2 Å². The molecule has 1 aliphatic rings. The van der Waals surface area contributed by atoms with Crippen LogP contribution in [0, 0.1) is 20.8 Å². The summed E-state index contributed by atoms with van der Waals surface area (Å²) in [4.78, 5) is 14.1. The minimum atomic E-state index is -0.00549. The molecule has 88 valence electrons. The van der Waals surface area contributed by atoms with Crippen LogP contribution in [-0.4, -0.2) is 23.9 Å². The highest BCUT2D eigenvalue weighted by atomic mass is 127. The van der Waals surface area contributed by atoms with Crippen molar-refractivity contribution in [1.82, 2.24) is 4.90 Å². The van der Waals surface area contributed by atoms with Gasteiger partial charge in [0.05, 0.1) is 17.6 Å². The molecule has 2 rings (SSSR count). The number of carbonyl (C=O) groups excluding carboxylic acids is 1. The van der Waals surface area contributed by atoms with E-state index < -0.39 is 0 Å². The van der Waals surface area contributed by atoms with E-state index in [1.807, 2.05) is 24.3 Å². The first-order valence-corrected chi connectivity index (χ1v) is 6.73. The summed E-state index contributed by atoms with van der Waals surface area (Å²) in [6.07, 6.45) is 1.83. The number of rotatable bonds is 1. The fourth-order valence-corrected chi connectivity index (χ4v) is 2.69. The maximum atomic E-state index is 12.3. The lowest BCUT2D eigenvalue weighted by atomic mass is 9.99. The molecule has 1 heterocycles. The lowest BCUT2D eigenvalue weighted by Crippen LogP contribution is -2.39. The second kappa shape index (κ2) is 5.50. The monoisotopic (exact) mass is 340 g/mol. The molecule has 0 aromatic heterocycles. The SMILES string of the molecule is N#CC1CCCN(C(=O)c2ccccc2I)C1. The zero-order valence-electron chi connectivity index (χ0n) is 9.40. The van der Waals surface area contributed by atoms with Crippen molar-refractivity contribution < 1.29 is 4.79 Å². The molecule has 17 heavy (non-hydrogen) atoms. The third kappa shape index (κ3) is 2.78. The van der Waals surface area contributed by atoms with Crippen molar-refractivity contribution in [3.63, 3.8) is 0 Å². The lowest BCUT2D eigenvalue weighted by Gasteiger charge is -2.29. The van der Waals surface area contributed by atoms with Crippen molar-refractivity contribution in [2.24, 2.45) is 5.92 Å². The number of benzene rings is 1. The number of halogens is 1. The Hall–Kier alpha value is -1.09. The van der Waals surface area contributed by atoms with Gasteiger partial charge in [-0.15, -0.1) is 0 Å². The van der Waals surface area contributed by atoms with E-state index in [0.717, 1.165) is 28.5 Å². The minimum Gasteiger partial charge on any atom is -0.337 e. The first-order chi connectivity index (χ1) is 8.22. The number of piperidine rings is 1. The van der Waals surface area contributed by atoms with Gasteiger partial charge in [0.2, 0.25) is 0 Å². The highest BCUT2D eigenvalue weighted by Gasteiger charge is 2.24. The Labute approximate surface area is 115 Å². The molecule has 0 saturated carbocycles. The Balaban J connectivity index is 2.16. The number of hydrogen-bond donors (Lipinski definition) is 0. The van der Waals surface area contributed by atoms with Gasteiger partial charge in [-0.2, -0.15) is 5.26 Å². The van der Waals surface area contributed by atoms with Crippen LogP contribution in [0.3, 0.4) is 0 Å². The number of amides is 1. The van der Waals surface area contributed by atoms with Crippen molar-refractivity contribution in [1.29, 1.82) is 5.26 Å². The van der Waals surface area contributed by atoms with Gasteiger partial charge in [0, 0.05) is 16.7 Å². The molecule has 1 fully saturated rings. The van der Waals surface area contributed by atoms with Crippen molar-refractivity contribution in [2.45, 2.75) is 12.8 Å². The molecule has 1 unspecified atom stereocenters. The molecule has 3 nitrogen and oxygen atoms in total. The normalized spacial score (nSPS) is 19.8. The molecule has 1 aromatic carbocycles. The number of likely N-dealkylation sites (tertiary alicyclic amines) is 1. The van der Waals surface area contributed by atoms with Gasteiger partial charge in [-0.1, -0.05) is 12.1 Å². The molecule has 0 spiro atoms. The third-order valence-corrected chi connectivity index (χ3v) is 3.94. The average Bonchev–Trinajstić information content (AvgIpc) is 2.38. The van der Waals surface area contributed by atoms with E-state index >= 15 is 0 Å². The summed E-state index contributed by atoms with van der Waals surface area (Å²) in [6, 6.07) is 9.84. The van der Waals surface area contributed by atoms with Gasteiger partial charge in [-0.05, 0) is 47.6 Å². The van der Waals surface area contributed by atoms with Gasteiger partial charge >= 0.3 is 0 Å². The molecule has 1 saturated heterocycles. The Bertz CT molecular complexity index is 467. The second-order valence-electron chi connectivity index (χ2n) is 4.20. The molecule has 0 radical (unpaired) electrons. The van der Waals surface area contributed by atoms with Crippen LogP contribution >= 0.6 is 22.6 Å². The van der Waals surface area contributed by atoms with Gasteiger partial charge in [0.15, 0.2) is 0 Å². The zero-order valence-corrected chi connectivity index (χ0v) is 11.6. The number of carbonyl (C=O) groups is 1. The van der Waals surface area contributed by atoms with Crippen LogP contribution in [0.2, 0.25) is 0 Å². The first kappa shape index (κ1) is 12.4. The fourth-order valence-electron chi connectivity index (χ4n) is 2.07. The molecule has 1 amide bonds. The van der Waals surface area contributed by atoms with Crippen LogP contribution in [0.4, 0.5) is 0 Å².